The van der Waals surface area contributed by atoms with Crippen LogP contribution in [0, 0.1) is 5.82 Å². The first-order valence-corrected chi connectivity index (χ1v) is 6.32. The first-order chi connectivity index (χ1) is 9.49. The smallest absolute Gasteiger partial charge is 0.340 e. The quantitative estimate of drug-likeness (QED) is 0.765. The van der Waals surface area contributed by atoms with Crippen molar-refractivity contribution in [3.8, 4) is 0 Å². The van der Waals surface area contributed by atoms with Crippen LogP contribution in [0.15, 0.2) is 18.2 Å². The second-order valence-electron chi connectivity index (χ2n) is 4.72. The van der Waals surface area contributed by atoms with Crippen molar-refractivity contribution in [2.45, 2.75) is 18.9 Å². The van der Waals surface area contributed by atoms with Gasteiger partial charge >= 0.3 is 12.0 Å². The van der Waals surface area contributed by atoms with Crippen molar-refractivity contribution < 1.29 is 19.1 Å². The second-order valence-corrected chi connectivity index (χ2v) is 4.72. The Bertz CT molecular complexity index is 528. The molecule has 0 atom stereocenters. The molecule has 20 heavy (non-hydrogen) atoms. The molecular weight excluding hydrogens is 265 g/mol. The standard InChI is InChI=1S/C13H16FN3O3/c14-9-2-1-3-10(11(9)12(18)19)16-13(20)17-6-4-8(15)5-7-17/h1-3,8H,4-7,15H2,(H,16,20)(H,18,19). The number of nitrogens with one attached hydrogen (secondary N) is 1. The number of likely N-dealkylation sites (tertiary alicyclic amines) is 1. The van der Waals surface area contributed by atoms with Crippen LogP contribution < -0.4 is 11.1 Å². The number of nitrogens with zero attached hydrogens (tertiary/aromatic N) is 1. The van der Waals surface area contributed by atoms with Crippen molar-refractivity contribution in [1.29, 1.82) is 0 Å². The summed E-state index contributed by atoms with van der Waals surface area (Å²) in [7, 11) is 0. The molecule has 1 aliphatic heterocycles. The Kier molecular flexibility index (Phi) is 4.19. The van der Waals surface area contributed by atoms with E-state index in [1.807, 2.05) is 0 Å². The fourth-order valence-corrected chi connectivity index (χ4v) is 2.14. The number of carboxylic acid groups (broad SMARTS) is 1. The van der Waals surface area contributed by atoms with Gasteiger partial charge in [-0.25, -0.2) is 14.0 Å². The molecule has 1 heterocycles. The van der Waals surface area contributed by atoms with Gasteiger partial charge in [0.05, 0.1) is 5.69 Å². The van der Waals surface area contributed by atoms with Crippen LogP contribution in [0.3, 0.4) is 0 Å². The molecule has 1 saturated heterocycles. The Morgan fingerprint density at radius 3 is 2.60 bits per heavy atom. The Balaban J connectivity index is 2.12. The summed E-state index contributed by atoms with van der Waals surface area (Å²) in [6.07, 6.45) is 1.39. The number of piperidine rings is 1. The molecule has 2 rings (SSSR count). The molecule has 1 aromatic carbocycles. The third kappa shape index (κ3) is 3.05. The lowest BCUT2D eigenvalue weighted by Crippen LogP contribution is -2.44. The number of carbonyl (C=O) groups excluding carboxylic acids is 1. The van der Waals surface area contributed by atoms with Crippen molar-refractivity contribution in [1.82, 2.24) is 4.90 Å². The minimum atomic E-state index is -1.42. The lowest BCUT2D eigenvalue weighted by molar-refractivity contribution is 0.0693. The number of benzene rings is 1. The monoisotopic (exact) mass is 281 g/mol. The molecule has 0 saturated carbocycles. The van der Waals surface area contributed by atoms with Crippen molar-refractivity contribution in [2.24, 2.45) is 5.73 Å². The number of carboxylic acids is 1. The van der Waals surface area contributed by atoms with Gasteiger partial charge in [0.2, 0.25) is 0 Å². The van der Waals surface area contributed by atoms with Gasteiger partial charge in [0.25, 0.3) is 0 Å². The number of nitrogens with two attached hydrogens (primary N) is 1. The van der Waals surface area contributed by atoms with Crippen LogP contribution in [0.5, 0.6) is 0 Å². The van der Waals surface area contributed by atoms with E-state index in [2.05, 4.69) is 5.32 Å². The number of carbonyl (C=O) groups is 2. The van der Waals surface area contributed by atoms with Gasteiger partial charge in [-0.15, -0.1) is 0 Å². The normalized spacial score (nSPS) is 16.0. The van der Waals surface area contributed by atoms with Gasteiger partial charge in [0.15, 0.2) is 0 Å². The van der Waals surface area contributed by atoms with E-state index in [4.69, 9.17) is 10.8 Å². The zero-order valence-corrected chi connectivity index (χ0v) is 10.8. The van der Waals surface area contributed by atoms with Crippen molar-refractivity contribution in [3.05, 3.63) is 29.6 Å². The first-order valence-electron chi connectivity index (χ1n) is 6.32. The van der Waals surface area contributed by atoms with Gasteiger partial charge in [0.1, 0.15) is 11.4 Å². The van der Waals surface area contributed by atoms with E-state index in [1.165, 1.54) is 12.1 Å². The molecule has 1 fully saturated rings. The Labute approximate surface area is 115 Å². The third-order valence-electron chi connectivity index (χ3n) is 3.30. The van der Waals surface area contributed by atoms with Crippen LogP contribution in [0.4, 0.5) is 14.9 Å². The average molecular weight is 281 g/mol. The predicted molar refractivity (Wildman–Crippen MR) is 71.2 cm³/mol. The van der Waals surface area contributed by atoms with Crippen LogP contribution >= 0.6 is 0 Å². The number of urea groups is 1. The van der Waals surface area contributed by atoms with E-state index in [-0.39, 0.29) is 11.7 Å². The average Bonchev–Trinajstić information content (AvgIpc) is 2.39. The molecule has 0 spiro atoms. The summed E-state index contributed by atoms with van der Waals surface area (Å²) >= 11 is 0. The fourth-order valence-electron chi connectivity index (χ4n) is 2.14. The topological polar surface area (TPSA) is 95.7 Å². The molecule has 6 nitrogen and oxygen atoms in total. The van der Waals surface area contributed by atoms with Crippen molar-refractivity contribution >= 4 is 17.7 Å². The third-order valence-corrected chi connectivity index (χ3v) is 3.30. The largest absolute Gasteiger partial charge is 0.478 e. The number of hydrogen-bond donors (Lipinski definition) is 3. The first kappa shape index (κ1) is 14.3. The maximum Gasteiger partial charge on any atom is 0.340 e. The molecule has 0 bridgehead atoms. The van der Waals surface area contributed by atoms with Gasteiger partial charge in [0, 0.05) is 19.1 Å². The number of anilines is 1. The maximum absolute atomic E-state index is 13.5. The van der Waals surface area contributed by atoms with Gasteiger partial charge in [-0.05, 0) is 25.0 Å². The van der Waals surface area contributed by atoms with E-state index in [0.29, 0.717) is 25.9 Å². The summed E-state index contributed by atoms with van der Waals surface area (Å²) in [6, 6.07) is 3.40. The summed E-state index contributed by atoms with van der Waals surface area (Å²) in [4.78, 5) is 24.6. The molecule has 0 aromatic heterocycles. The van der Waals surface area contributed by atoms with Crippen LogP contribution in [0.1, 0.15) is 23.2 Å². The molecule has 7 heteroatoms. The van der Waals surface area contributed by atoms with Crippen molar-refractivity contribution in [2.75, 3.05) is 18.4 Å². The molecule has 1 aromatic rings. The summed E-state index contributed by atoms with van der Waals surface area (Å²) < 4.78 is 13.5. The number of amides is 2. The molecule has 108 valence electrons. The van der Waals surface area contributed by atoms with Crippen LogP contribution in [0.2, 0.25) is 0 Å². The molecule has 1 aliphatic rings. The van der Waals surface area contributed by atoms with Crippen LogP contribution in [0.25, 0.3) is 0 Å². The molecule has 2 amide bonds. The molecule has 0 radical (unpaired) electrons. The molecular formula is C13H16FN3O3. The van der Waals surface area contributed by atoms with E-state index >= 15 is 0 Å². The van der Waals surface area contributed by atoms with Gasteiger partial charge in [-0.2, -0.15) is 0 Å². The number of aromatic carboxylic acids is 1. The Morgan fingerprint density at radius 2 is 2.00 bits per heavy atom. The lowest BCUT2D eigenvalue weighted by atomic mass is 10.1. The highest BCUT2D eigenvalue weighted by Crippen LogP contribution is 2.20. The summed E-state index contributed by atoms with van der Waals surface area (Å²) in [5, 5.41) is 11.4. The maximum atomic E-state index is 13.5. The number of rotatable bonds is 2. The summed E-state index contributed by atoms with van der Waals surface area (Å²) in [5.41, 5.74) is 5.17. The molecule has 0 aliphatic carbocycles. The highest BCUT2D eigenvalue weighted by atomic mass is 19.1. The highest BCUT2D eigenvalue weighted by molar-refractivity contribution is 6.00. The van der Waals surface area contributed by atoms with Gasteiger partial charge < -0.3 is 21.1 Å². The number of halogens is 1. The Hall–Kier alpha value is -2.15. The summed E-state index contributed by atoms with van der Waals surface area (Å²) in [5.74, 6) is -2.30. The van der Waals surface area contributed by atoms with Gasteiger partial charge in [-0.3, -0.25) is 0 Å². The van der Waals surface area contributed by atoms with E-state index < -0.39 is 23.4 Å². The highest BCUT2D eigenvalue weighted by Gasteiger charge is 2.23. The van der Waals surface area contributed by atoms with Gasteiger partial charge in [-0.1, -0.05) is 6.07 Å². The SMILES string of the molecule is NC1CCN(C(=O)Nc2cccc(F)c2C(=O)O)CC1. The van der Waals surface area contributed by atoms with Crippen molar-refractivity contribution in [3.63, 3.8) is 0 Å². The lowest BCUT2D eigenvalue weighted by Gasteiger charge is -2.30. The fraction of sp³-hybridized carbons (Fsp3) is 0.385. The molecule has 4 N–H and O–H groups in total. The summed E-state index contributed by atoms with van der Waals surface area (Å²) in [6.45, 7) is 1.01. The zero-order chi connectivity index (χ0) is 14.7. The second kappa shape index (κ2) is 5.87. The van der Waals surface area contributed by atoms with Crippen LogP contribution in [-0.4, -0.2) is 41.1 Å². The van der Waals surface area contributed by atoms with E-state index in [0.717, 1.165) is 6.07 Å². The van der Waals surface area contributed by atoms with E-state index in [9.17, 15) is 14.0 Å². The Morgan fingerprint density at radius 1 is 1.35 bits per heavy atom. The zero-order valence-electron chi connectivity index (χ0n) is 10.8. The number of hydrogen-bond acceptors (Lipinski definition) is 3. The van der Waals surface area contributed by atoms with E-state index in [1.54, 1.807) is 4.90 Å². The minimum absolute atomic E-state index is 0.0441. The van der Waals surface area contributed by atoms with Crippen LogP contribution in [-0.2, 0) is 0 Å². The molecule has 0 unspecified atom stereocenters. The predicted octanol–water partition coefficient (Wildman–Crippen LogP) is 1.48. The minimum Gasteiger partial charge on any atom is -0.478 e.